The Balaban J connectivity index is 1.74. The Bertz CT molecular complexity index is 947. The molecule has 1 N–H and O–H groups in total. The van der Waals surface area contributed by atoms with Gasteiger partial charge in [-0.05, 0) is 67.7 Å². The van der Waals surface area contributed by atoms with Crippen molar-refractivity contribution in [2.24, 2.45) is 0 Å². The van der Waals surface area contributed by atoms with Gasteiger partial charge in [0.2, 0.25) is 5.91 Å². The van der Waals surface area contributed by atoms with Gasteiger partial charge in [0.1, 0.15) is 17.6 Å². The van der Waals surface area contributed by atoms with Crippen molar-refractivity contribution in [3.05, 3.63) is 67.0 Å². The molecule has 0 radical (unpaired) electrons. The van der Waals surface area contributed by atoms with Crippen LogP contribution in [0.3, 0.4) is 0 Å². The molecular weight excluding hydrogens is 405 g/mol. The summed E-state index contributed by atoms with van der Waals surface area (Å²) in [6.45, 7) is 6.46. The Morgan fingerprint density at radius 1 is 1.23 bits per heavy atom. The van der Waals surface area contributed by atoms with Gasteiger partial charge in [0.25, 0.3) is 5.91 Å². The van der Waals surface area contributed by atoms with E-state index < -0.39 is 11.9 Å². The summed E-state index contributed by atoms with van der Waals surface area (Å²) in [4.78, 5) is 28.6. The average Bonchev–Trinajstić information content (AvgIpc) is 2.95. The van der Waals surface area contributed by atoms with E-state index in [9.17, 15) is 14.0 Å². The van der Waals surface area contributed by atoms with E-state index in [4.69, 9.17) is 17.0 Å². The Labute approximate surface area is 179 Å². The summed E-state index contributed by atoms with van der Waals surface area (Å²) in [6.07, 6.45) is 1.53. The van der Waals surface area contributed by atoms with Crippen LogP contribution in [0.1, 0.15) is 13.3 Å². The van der Waals surface area contributed by atoms with Gasteiger partial charge in [-0.1, -0.05) is 6.08 Å². The van der Waals surface area contributed by atoms with Crippen molar-refractivity contribution < 1.29 is 18.7 Å². The lowest BCUT2D eigenvalue weighted by Crippen LogP contribution is -2.37. The van der Waals surface area contributed by atoms with Crippen LogP contribution in [-0.4, -0.2) is 41.0 Å². The maximum Gasteiger partial charge on any atom is 0.256 e. The van der Waals surface area contributed by atoms with Crippen LogP contribution in [-0.2, 0) is 9.59 Å². The van der Waals surface area contributed by atoms with E-state index in [1.165, 1.54) is 29.2 Å². The second kappa shape index (κ2) is 9.49. The van der Waals surface area contributed by atoms with E-state index in [-0.39, 0.29) is 23.3 Å². The molecule has 1 saturated heterocycles. The van der Waals surface area contributed by atoms with Crippen molar-refractivity contribution in [1.29, 1.82) is 0 Å². The van der Waals surface area contributed by atoms with Crippen LogP contribution in [0.5, 0.6) is 5.75 Å². The SMILES string of the molecule is C=CCN1C(=S)N(c2ccc(F)cc2)C(=O)[C@@H]1CC(=O)Nc1ccc(OCC)cc1. The number of thiocarbonyl (C=S) groups is 1. The van der Waals surface area contributed by atoms with Gasteiger partial charge in [-0.15, -0.1) is 6.58 Å². The molecular formula is C22H22FN3O3S. The van der Waals surface area contributed by atoms with Crippen molar-refractivity contribution in [1.82, 2.24) is 4.90 Å². The lowest BCUT2D eigenvalue weighted by molar-refractivity contribution is -0.124. The maximum atomic E-state index is 13.3. The topological polar surface area (TPSA) is 61.9 Å². The smallest absolute Gasteiger partial charge is 0.256 e. The number of hydrogen-bond acceptors (Lipinski definition) is 4. The predicted octanol–water partition coefficient (Wildman–Crippen LogP) is 3.74. The van der Waals surface area contributed by atoms with Gasteiger partial charge in [0, 0.05) is 12.2 Å². The molecule has 1 aliphatic heterocycles. The number of hydrogen-bond donors (Lipinski definition) is 1. The Hall–Kier alpha value is -3.26. The minimum absolute atomic E-state index is 0.0856. The van der Waals surface area contributed by atoms with E-state index in [0.29, 0.717) is 30.3 Å². The van der Waals surface area contributed by atoms with Gasteiger partial charge in [-0.2, -0.15) is 0 Å². The Morgan fingerprint density at radius 2 is 1.90 bits per heavy atom. The highest BCUT2D eigenvalue weighted by atomic mass is 32.1. The second-order valence-electron chi connectivity index (χ2n) is 6.60. The number of nitrogens with one attached hydrogen (secondary N) is 1. The van der Waals surface area contributed by atoms with Crippen LogP contribution in [0, 0.1) is 5.82 Å². The summed E-state index contributed by atoms with van der Waals surface area (Å²) in [5.41, 5.74) is 1.05. The number of ether oxygens (including phenoxy) is 1. The first kappa shape index (κ1) is 21.4. The number of nitrogens with zero attached hydrogens (tertiary/aromatic N) is 2. The van der Waals surface area contributed by atoms with Gasteiger partial charge >= 0.3 is 0 Å². The largest absolute Gasteiger partial charge is 0.494 e. The minimum Gasteiger partial charge on any atom is -0.494 e. The molecule has 2 aromatic carbocycles. The van der Waals surface area contributed by atoms with Gasteiger partial charge < -0.3 is 15.0 Å². The molecule has 8 heteroatoms. The van der Waals surface area contributed by atoms with Crippen LogP contribution in [0.15, 0.2) is 61.2 Å². The standard InChI is InChI=1S/C22H22FN3O3S/c1-3-13-25-19(14-20(27)24-16-7-11-18(12-8-16)29-4-2)21(28)26(22(25)30)17-9-5-15(23)6-10-17/h3,5-12,19H,1,4,13-14H2,2H3,(H,24,27)/t19-/m0/s1. The van der Waals surface area contributed by atoms with Crippen molar-refractivity contribution in [3.8, 4) is 5.75 Å². The monoisotopic (exact) mass is 427 g/mol. The van der Waals surface area contributed by atoms with Crippen LogP contribution >= 0.6 is 12.2 Å². The molecule has 1 heterocycles. The van der Waals surface area contributed by atoms with Crippen molar-refractivity contribution in [2.45, 2.75) is 19.4 Å². The summed E-state index contributed by atoms with van der Waals surface area (Å²) in [5, 5.41) is 3.04. The highest BCUT2D eigenvalue weighted by Crippen LogP contribution is 2.27. The highest BCUT2D eigenvalue weighted by molar-refractivity contribution is 7.80. The lowest BCUT2D eigenvalue weighted by Gasteiger charge is -2.22. The molecule has 0 aromatic heterocycles. The number of halogens is 1. The van der Waals surface area contributed by atoms with Crippen molar-refractivity contribution in [2.75, 3.05) is 23.4 Å². The summed E-state index contributed by atoms with van der Waals surface area (Å²) >= 11 is 5.46. The van der Waals surface area contributed by atoms with E-state index in [1.807, 2.05) is 6.92 Å². The Kier molecular flexibility index (Phi) is 6.79. The molecule has 156 valence electrons. The molecule has 0 aliphatic carbocycles. The van der Waals surface area contributed by atoms with E-state index in [2.05, 4.69) is 11.9 Å². The van der Waals surface area contributed by atoms with Gasteiger partial charge in [-0.25, -0.2) is 4.39 Å². The van der Waals surface area contributed by atoms with Gasteiger partial charge in [0.05, 0.1) is 18.7 Å². The molecule has 1 aliphatic rings. The average molecular weight is 428 g/mol. The molecule has 0 bridgehead atoms. The van der Waals surface area contributed by atoms with Crippen LogP contribution in [0.2, 0.25) is 0 Å². The molecule has 3 rings (SSSR count). The van der Waals surface area contributed by atoms with E-state index in [1.54, 1.807) is 35.2 Å². The summed E-state index contributed by atoms with van der Waals surface area (Å²) in [6, 6.07) is 11.7. The first-order chi connectivity index (χ1) is 14.4. The lowest BCUT2D eigenvalue weighted by atomic mass is 10.1. The summed E-state index contributed by atoms with van der Waals surface area (Å²) < 4.78 is 18.7. The first-order valence-corrected chi connectivity index (χ1v) is 9.89. The second-order valence-corrected chi connectivity index (χ2v) is 6.96. The molecule has 0 unspecified atom stereocenters. The maximum absolute atomic E-state index is 13.3. The number of rotatable bonds is 8. The zero-order chi connectivity index (χ0) is 21.7. The van der Waals surface area contributed by atoms with Gasteiger partial charge in [-0.3, -0.25) is 14.5 Å². The predicted molar refractivity (Wildman–Crippen MR) is 118 cm³/mol. The summed E-state index contributed by atoms with van der Waals surface area (Å²) in [5.74, 6) is -0.366. The van der Waals surface area contributed by atoms with Crippen LogP contribution in [0.25, 0.3) is 0 Å². The molecule has 2 aromatic rings. The Morgan fingerprint density at radius 3 is 2.50 bits per heavy atom. The third-order valence-electron chi connectivity index (χ3n) is 4.56. The fourth-order valence-corrected chi connectivity index (χ4v) is 3.59. The first-order valence-electron chi connectivity index (χ1n) is 9.48. The van der Waals surface area contributed by atoms with E-state index >= 15 is 0 Å². The zero-order valence-corrected chi connectivity index (χ0v) is 17.3. The van der Waals surface area contributed by atoms with Crippen molar-refractivity contribution in [3.63, 3.8) is 0 Å². The van der Waals surface area contributed by atoms with Gasteiger partial charge in [0.15, 0.2) is 5.11 Å². The fraction of sp³-hybridized carbons (Fsp3) is 0.227. The highest BCUT2D eigenvalue weighted by Gasteiger charge is 2.43. The normalized spacial score (nSPS) is 16.0. The molecule has 0 spiro atoms. The molecule has 6 nitrogen and oxygen atoms in total. The number of amides is 2. The van der Waals surface area contributed by atoms with Crippen LogP contribution < -0.4 is 15.0 Å². The summed E-state index contributed by atoms with van der Waals surface area (Å²) in [7, 11) is 0. The third kappa shape index (κ3) is 4.65. The molecule has 2 amide bonds. The third-order valence-corrected chi connectivity index (χ3v) is 4.97. The number of carbonyl (C=O) groups excluding carboxylic acids is 2. The van der Waals surface area contributed by atoms with Crippen LogP contribution in [0.4, 0.5) is 15.8 Å². The molecule has 30 heavy (non-hydrogen) atoms. The van der Waals surface area contributed by atoms with Crippen molar-refractivity contribution >= 4 is 40.5 Å². The number of carbonyl (C=O) groups is 2. The fourth-order valence-electron chi connectivity index (χ4n) is 3.20. The zero-order valence-electron chi connectivity index (χ0n) is 16.5. The van der Waals surface area contributed by atoms with E-state index in [0.717, 1.165) is 0 Å². The number of anilines is 2. The molecule has 1 fully saturated rings. The number of benzene rings is 2. The quantitative estimate of drug-likeness (QED) is 0.514. The minimum atomic E-state index is -0.775. The molecule has 0 saturated carbocycles. The molecule has 1 atom stereocenters.